The molecule has 0 aliphatic rings. The molecule has 0 bridgehead atoms. The van der Waals surface area contributed by atoms with Crippen LogP contribution >= 0.6 is 0 Å². The summed E-state index contributed by atoms with van der Waals surface area (Å²) in [5, 5.41) is 1.01. The average Bonchev–Trinajstić information content (AvgIpc) is 3.06. The number of aromatic nitrogens is 2. The van der Waals surface area contributed by atoms with Gasteiger partial charge in [-0.1, -0.05) is 6.07 Å². The van der Waals surface area contributed by atoms with Crippen LogP contribution in [0.5, 0.6) is 5.75 Å². The first-order valence-electron chi connectivity index (χ1n) is 8.75. The van der Waals surface area contributed by atoms with Gasteiger partial charge in [-0.3, -0.25) is 4.79 Å². The van der Waals surface area contributed by atoms with Gasteiger partial charge in [-0.2, -0.15) is 0 Å². The molecule has 2 aromatic carbocycles. The molecule has 2 heterocycles. The van der Waals surface area contributed by atoms with Crippen LogP contribution in [0.25, 0.3) is 22.2 Å². The van der Waals surface area contributed by atoms with Gasteiger partial charge < -0.3 is 15.5 Å². The summed E-state index contributed by atoms with van der Waals surface area (Å²) in [6, 6.07) is 17.3. The molecule has 0 saturated heterocycles. The summed E-state index contributed by atoms with van der Waals surface area (Å²) in [5.74, 6) is -0.122. The lowest BCUT2D eigenvalue weighted by Crippen LogP contribution is -2.13. The number of nitrogens with two attached hydrogens (primary N) is 1. The predicted molar refractivity (Wildman–Crippen MR) is 106 cm³/mol. The number of carbonyl (C=O) groups excluding carboxylic acids is 1. The molecule has 0 aliphatic heterocycles. The fourth-order valence-corrected chi connectivity index (χ4v) is 3.30. The summed E-state index contributed by atoms with van der Waals surface area (Å²) in [6.07, 6.45) is 0.486. The number of ether oxygens (including phenoxy) is 1. The highest BCUT2D eigenvalue weighted by atomic mass is 19.1. The van der Waals surface area contributed by atoms with E-state index in [1.165, 1.54) is 12.1 Å². The van der Waals surface area contributed by atoms with Crippen molar-refractivity contribution >= 4 is 16.8 Å². The normalized spacial score (nSPS) is 10.9. The van der Waals surface area contributed by atoms with E-state index in [2.05, 4.69) is 9.97 Å². The number of benzene rings is 2. The Morgan fingerprint density at radius 1 is 1.14 bits per heavy atom. The van der Waals surface area contributed by atoms with Gasteiger partial charge in [0.1, 0.15) is 17.3 Å². The molecular weight excluding hydrogens is 357 g/mol. The second kappa shape index (κ2) is 7.15. The number of hydrogen-bond donors (Lipinski definition) is 2. The van der Waals surface area contributed by atoms with Gasteiger partial charge in [0.05, 0.1) is 12.8 Å². The molecule has 3 N–H and O–H groups in total. The number of primary amides is 1. The van der Waals surface area contributed by atoms with E-state index in [0.717, 1.165) is 39.2 Å². The van der Waals surface area contributed by atoms with Crippen molar-refractivity contribution in [3.63, 3.8) is 0 Å². The second-order valence-corrected chi connectivity index (χ2v) is 6.45. The Balaban J connectivity index is 1.87. The van der Waals surface area contributed by atoms with Crippen molar-refractivity contribution in [3.05, 3.63) is 83.4 Å². The van der Waals surface area contributed by atoms with Crippen LogP contribution in [0.15, 0.2) is 60.7 Å². The topological polar surface area (TPSA) is 81.0 Å². The number of rotatable bonds is 5. The molecule has 0 aliphatic carbocycles. The molecule has 28 heavy (non-hydrogen) atoms. The molecule has 4 rings (SSSR count). The van der Waals surface area contributed by atoms with Crippen LogP contribution < -0.4 is 10.5 Å². The van der Waals surface area contributed by atoms with E-state index < -0.39 is 5.91 Å². The third kappa shape index (κ3) is 3.32. The quantitative estimate of drug-likeness (QED) is 0.552. The summed E-state index contributed by atoms with van der Waals surface area (Å²) in [6.45, 7) is 0. The third-order valence-corrected chi connectivity index (χ3v) is 4.66. The summed E-state index contributed by atoms with van der Waals surface area (Å²) in [5.41, 5.74) is 9.93. The zero-order chi connectivity index (χ0) is 19.7. The lowest BCUT2D eigenvalue weighted by Gasteiger charge is -2.07. The number of carbonyl (C=O) groups is 1. The molecular formula is C22H18FN3O2. The summed E-state index contributed by atoms with van der Waals surface area (Å²) in [7, 11) is 1.62. The molecule has 0 spiro atoms. The van der Waals surface area contributed by atoms with E-state index in [9.17, 15) is 9.18 Å². The maximum absolute atomic E-state index is 13.4. The maximum atomic E-state index is 13.4. The molecule has 6 heteroatoms. The maximum Gasteiger partial charge on any atom is 0.267 e. The lowest BCUT2D eigenvalue weighted by atomic mass is 10.0. The minimum absolute atomic E-state index is 0.224. The molecule has 0 fully saturated rings. The Kier molecular flexibility index (Phi) is 4.53. The lowest BCUT2D eigenvalue weighted by molar-refractivity contribution is 0.0995. The first kappa shape index (κ1) is 17.7. The fourth-order valence-electron chi connectivity index (χ4n) is 3.30. The van der Waals surface area contributed by atoms with Gasteiger partial charge >= 0.3 is 0 Å². The third-order valence-electron chi connectivity index (χ3n) is 4.66. The monoisotopic (exact) mass is 375 g/mol. The van der Waals surface area contributed by atoms with Gasteiger partial charge in [-0.15, -0.1) is 0 Å². The fraction of sp³-hybridized carbons (Fsp3) is 0.0909. The number of H-pyrrole nitrogens is 1. The van der Waals surface area contributed by atoms with Crippen molar-refractivity contribution in [2.45, 2.75) is 6.42 Å². The number of methoxy groups -OCH3 is 1. The number of pyridine rings is 1. The largest absolute Gasteiger partial charge is 0.497 e. The van der Waals surface area contributed by atoms with Gasteiger partial charge in [0.2, 0.25) is 0 Å². The Labute approximate surface area is 161 Å². The Morgan fingerprint density at radius 2 is 1.93 bits per heavy atom. The highest BCUT2D eigenvalue weighted by Gasteiger charge is 2.16. The van der Waals surface area contributed by atoms with E-state index >= 15 is 0 Å². The van der Waals surface area contributed by atoms with E-state index in [-0.39, 0.29) is 11.5 Å². The Hall–Kier alpha value is -3.67. The van der Waals surface area contributed by atoms with Crippen LogP contribution in [0, 0.1) is 5.82 Å². The van der Waals surface area contributed by atoms with Crippen LogP contribution in [0.3, 0.4) is 0 Å². The first-order valence-corrected chi connectivity index (χ1v) is 8.75. The predicted octanol–water partition coefficient (Wildman–Crippen LogP) is 4.07. The standard InChI is InChI=1S/C22H18FN3O2/c1-28-16-9-10-17-18(11-15-3-2-4-19(25-15)22(24)27)21(26-20(17)12-16)13-5-7-14(23)8-6-13/h2-10,12,26H,11H2,1H3,(H2,24,27). The average molecular weight is 375 g/mol. The summed E-state index contributed by atoms with van der Waals surface area (Å²) < 4.78 is 18.7. The first-order chi connectivity index (χ1) is 13.5. The van der Waals surface area contributed by atoms with Crippen molar-refractivity contribution in [1.29, 1.82) is 0 Å². The number of nitrogens with zero attached hydrogens (tertiary/aromatic N) is 1. The SMILES string of the molecule is COc1ccc2c(Cc3cccc(C(N)=O)n3)c(-c3ccc(F)cc3)[nH]c2c1. The van der Waals surface area contributed by atoms with Gasteiger partial charge in [0.25, 0.3) is 5.91 Å². The number of hydrogen-bond acceptors (Lipinski definition) is 3. The van der Waals surface area contributed by atoms with Crippen molar-refractivity contribution in [3.8, 4) is 17.0 Å². The Bertz CT molecular complexity index is 1170. The van der Waals surface area contributed by atoms with Crippen LogP contribution in [-0.2, 0) is 6.42 Å². The van der Waals surface area contributed by atoms with E-state index in [0.29, 0.717) is 6.42 Å². The molecule has 2 aromatic heterocycles. The highest BCUT2D eigenvalue weighted by molar-refractivity contribution is 5.92. The van der Waals surface area contributed by atoms with Crippen molar-refractivity contribution in [1.82, 2.24) is 9.97 Å². The molecule has 0 atom stereocenters. The molecule has 140 valence electrons. The highest BCUT2D eigenvalue weighted by Crippen LogP contribution is 2.33. The molecule has 5 nitrogen and oxygen atoms in total. The zero-order valence-electron chi connectivity index (χ0n) is 15.2. The van der Waals surface area contributed by atoms with Crippen molar-refractivity contribution in [2.75, 3.05) is 7.11 Å². The number of aromatic amines is 1. The van der Waals surface area contributed by atoms with Gasteiger partial charge in [-0.05, 0) is 59.7 Å². The molecule has 0 unspecified atom stereocenters. The molecule has 4 aromatic rings. The van der Waals surface area contributed by atoms with E-state index in [1.807, 2.05) is 24.3 Å². The number of nitrogens with one attached hydrogen (secondary N) is 1. The zero-order valence-corrected chi connectivity index (χ0v) is 15.2. The number of amides is 1. The summed E-state index contributed by atoms with van der Waals surface area (Å²) in [4.78, 5) is 19.2. The van der Waals surface area contributed by atoms with Gasteiger partial charge in [-0.25, -0.2) is 9.37 Å². The number of halogens is 1. The van der Waals surface area contributed by atoms with E-state index in [1.54, 1.807) is 31.4 Å². The van der Waals surface area contributed by atoms with E-state index in [4.69, 9.17) is 10.5 Å². The van der Waals surface area contributed by atoms with Crippen LogP contribution in [-0.4, -0.2) is 23.0 Å². The van der Waals surface area contributed by atoms with Crippen molar-refractivity contribution < 1.29 is 13.9 Å². The minimum atomic E-state index is -0.565. The number of fused-ring (bicyclic) bond motifs is 1. The van der Waals surface area contributed by atoms with Crippen LogP contribution in [0.2, 0.25) is 0 Å². The van der Waals surface area contributed by atoms with Crippen LogP contribution in [0.4, 0.5) is 4.39 Å². The second-order valence-electron chi connectivity index (χ2n) is 6.45. The van der Waals surface area contributed by atoms with Crippen LogP contribution in [0.1, 0.15) is 21.7 Å². The molecule has 1 amide bonds. The molecule has 0 saturated carbocycles. The van der Waals surface area contributed by atoms with Crippen molar-refractivity contribution in [2.24, 2.45) is 5.73 Å². The minimum Gasteiger partial charge on any atom is -0.497 e. The van der Waals surface area contributed by atoms with Gasteiger partial charge in [0, 0.05) is 29.1 Å². The molecule has 0 radical (unpaired) electrons. The van der Waals surface area contributed by atoms with Gasteiger partial charge in [0.15, 0.2) is 0 Å². The Morgan fingerprint density at radius 3 is 2.64 bits per heavy atom. The summed E-state index contributed by atoms with van der Waals surface area (Å²) >= 11 is 0. The smallest absolute Gasteiger partial charge is 0.267 e.